The van der Waals surface area contributed by atoms with E-state index in [0.29, 0.717) is 0 Å². The number of hydrogen-bond donors (Lipinski definition) is 3. The molecule has 2 aromatic carbocycles. The summed E-state index contributed by atoms with van der Waals surface area (Å²) in [6.45, 7) is 4.25. The van der Waals surface area contributed by atoms with E-state index in [4.69, 9.17) is 4.74 Å². The molecule has 1 aliphatic heterocycles. The highest BCUT2D eigenvalue weighted by atomic mass is 16.5. The van der Waals surface area contributed by atoms with Gasteiger partial charge in [-0.05, 0) is 30.5 Å². The lowest BCUT2D eigenvalue weighted by Gasteiger charge is -2.23. The van der Waals surface area contributed by atoms with Gasteiger partial charge in [0.2, 0.25) is 0 Å². The largest absolute Gasteiger partial charge is 0.507 e. The Morgan fingerprint density at radius 3 is 2.52 bits per heavy atom. The minimum Gasteiger partial charge on any atom is -0.507 e. The minimum atomic E-state index is 0.0172. The lowest BCUT2D eigenvalue weighted by Crippen LogP contribution is -2.29. The number of rotatable bonds is 4. The predicted molar refractivity (Wildman–Crippen MR) is 91.7 cm³/mol. The SMILES string of the molecule is CCc1cc(C2NNC(C)C2c2ccccc2)c(O)cc1OC. The quantitative estimate of drug-likeness (QED) is 0.811. The van der Waals surface area contributed by atoms with Crippen LogP contribution in [0, 0.1) is 0 Å². The number of aryl methyl sites for hydroxylation is 1. The molecule has 0 aromatic heterocycles. The van der Waals surface area contributed by atoms with Crippen LogP contribution in [-0.2, 0) is 6.42 Å². The Balaban J connectivity index is 2.03. The van der Waals surface area contributed by atoms with Crippen LogP contribution in [0.4, 0.5) is 0 Å². The van der Waals surface area contributed by atoms with Gasteiger partial charge in [-0.25, -0.2) is 5.43 Å². The summed E-state index contributed by atoms with van der Waals surface area (Å²) in [6.07, 6.45) is 0.863. The van der Waals surface area contributed by atoms with Gasteiger partial charge in [0.1, 0.15) is 11.5 Å². The van der Waals surface area contributed by atoms with Crippen molar-refractivity contribution >= 4 is 0 Å². The summed E-state index contributed by atoms with van der Waals surface area (Å²) in [7, 11) is 1.64. The number of nitrogens with one attached hydrogen (secondary N) is 2. The van der Waals surface area contributed by atoms with Crippen molar-refractivity contribution in [2.45, 2.75) is 38.3 Å². The number of hydrazine groups is 1. The number of phenolic OH excluding ortho intramolecular Hbond substituents is 1. The van der Waals surface area contributed by atoms with Crippen LogP contribution in [0.1, 0.15) is 42.5 Å². The minimum absolute atomic E-state index is 0.0172. The zero-order chi connectivity index (χ0) is 16.4. The van der Waals surface area contributed by atoms with Crippen molar-refractivity contribution in [3.63, 3.8) is 0 Å². The maximum absolute atomic E-state index is 10.5. The van der Waals surface area contributed by atoms with Gasteiger partial charge in [0.05, 0.1) is 13.2 Å². The van der Waals surface area contributed by atoms with Crippen LogP contribution in [0.3, 0.4) is 0 Å². The third-order valence-electron chi connectivity index (χ3n) is 4.69. The molecule has 1 saturated heterocycles. The normalized spacial score (nSPS) is 23.9. The van der Waals surface area contributed by atoms with Crippen molar-refractivity contribution in [1.29, 1.82) is 0 Å². The maximum Gasteiger partial charge on any atom is 0.125 e. The first kappa shape index (κ1) is 15.8. The van der Waals surface area contributed by atoms with Gasteiger partial charge in [-0.3, -0.25) is 5.43 Å². The molecule has 2 aromatic rings. The summed E-state index contributed by atoms with van der Waals surface area (Å²) in [4.78, 5) is 0. The van der Waals surface area contributed by atoms with E-state index >= 15 is 0 Å². The Kier molecular flexibility index (Phi) is 4.55. The van der Waals surface area contributed by atoms with Crippen LogP contribution >= 0.6 is 0 Å². The van der Waals surface area contributed by atoms with Gasteiger partial charge < -0.3 is 9.84 Å². The van der Waals surface area contributed by atoms with Gasteiger partial charge in [-0.15, -0.1) is 0 Å². The van der Waals surface area contributed by atoms with E-state index < -0.39 is 0 Å². The van der Waals surface area contributed by atoms with E-state index in [0.717, 1.165) is 23.3 Å². The summed E-state index contributed by atoms with van der Waals surface area (Å²) in [5.41, 5.74) is 9.94. The van der Waals surface area contributed by atoms with Gasteiger partial charge in [0, 0.05) is 23.6 Å². The van der Waals surface area contributed by atoms with Crippen LogP contribution in [0.5, 0.6) is 11.5 Å². The summed E-state index contributed by atoms with van der Waals surface area (Å²) >= 11 is 0. The number of methoxy groups -OCH3 is 1. The number of ether oxygens (including phenoxy) is 1. The van der Waals surface area contributed by atoms with Gasteiger partial charge in [0.15, 0.2) is 0 Å². The van der Waals surface area contributed by atoms with Gasteiger partial charge in [-0.1, -0.05) is 37.3 Å². The second-order valence-electron chi connectivity index (χ2n) is 6.07. The fourth-order valence-corrected chi connectivity index (χ4v) is 3.47. The average Bonchev–Trinajstić information content (AvgIpc) is 2.96. The lowest BCUT2D eigenvalue weighted by molar-refractivity contribution is 0.398. The summed E-state index contributed by atoms with van der Waals surface area (Å²) < 4.78 is 5.37. The van der Waals surface area contributed by atoms with E-state index in [9.17, 15) is 5.11 Å². The fraction of sp³-hybridized carbons (Fsp3) is 0.368. The van der Waals surface area contributed by atoms with Gasteiger partial charge >= 0.3 is 0 Å². The molecule has 1 fully saturated rings. The lowest BCUT2D eigenvalue weighted by atomic mass is 9.83. The zero-order valence-corrected chi connectivity index (χ0v) is 13.8. The molecule has 1 heterocycles. The molecular weight excluding hydrogens is 288 g/mol. The van der Waals surface area contributed by atoms with E-state index in [2.05, 4.69) is 55.0 Å². The zero-order valence-electron chi connectivity index (χ0n) is 13.8. The molecule has 1 aliphatic rings. The number of phenols is 1. The molecule has 23 heavy (non-hydrogen) atoms. The third kappa shape index (κ3) is 2.92. The van der Waals surface area contributed by atoms with Crippen LogP contribution in [0.15, 0.2) is 42.5 Å². The van der Waals surface area contributed by atoms with Crippen molar-refractivity contribution in [3.8, 4) is 11.5 Å². The second-order valence-corrected chi connectivity index (χ2v) is 6.07. The standard InChI is InChI=1S/C19H24N2O2/c1-4-13-10-15(16(22)11-17(13)23-3)19-18(12(2)20-21-19)14-8-6-5-7-9-14/h5-12,18-22H,4H2,1-3H3. The van der Waals surface area contributed by atoms with Crippen LogP contribution in [-0.4, -0.2) is 18.3 Å². The molecule has 3 atom stereocenters. The Morgan fingerprint density at radius 1 is 1.13 bits per heavy atom. The van der Waals surface area contributed by atoms with Crippen LogP contribution in [0.2, 0.25) is 0 Å². The van der Waals surface area contributed by atoms with E-state index in [1.54, 1.807) is 13.2 Å². The molecule has 4 heteroatoms. The maximum atomic E-state index is 10.5. The number of hydrogen-bond acceptors (Lipinski definition) is 4. The highest BCUT2D eigenvalue weighted by Crippen LogP contribution is 2.42. The van der Waals surface area contributed by atoms with Gasteiger partial charge in [-0.2, -0.15) is 0 Å². The second kappa shape index (κ2) is 6.60. The van der Waals surface area contributed by atoms with Crippen molar-refractivity contribution < 1.29 is 9.84 Å². The van der Waals surface area contributed by atoms with Crippen LogP contribution < -0.4 is 15.6 Å². The molecule has 0 amide bonds. The Labute approximate surface area is 137 Å². The van der Waals surface area contributed by atoms with Crippen LogP contribution in [0.25, 0.3) is 0 Å². The molecule has 0 radical (unpaired) electrons. The monoisotopic (exact) mass is 312 g/mol. The van der Waals surface area contributed by atoms with E-state index in [1.807, 2.05) is 6.07 Å². The molecule has 3 unspecified atom stereocenters. The average molecular weight is 312 g/mol. The van der Waals surface area contributed by atoms with Crippen molar-refractivity contribution in [2.24, 2.45) is 0 Å². The Hall–Kier alpha value is -2.04. The third-order valence-corrected chi connectivity index (χ3v) is 4.69. The first-order valence-electron chi connectivity index (χ1n) is 8.11. The first-order chi connectivity index (χ1) is 11.2. The Bertz CT molecular complexity index is 673. The molecular formula is C19H24N2O2. The molecule has 3 N–H and O–H groups in total. The van der Waals surface area contributed by atoms with E-state index in [-0.39, 0.29) is 23.8 Å². The Morgan fingerprint density at radius 2 is 1.87 bits per heavy atom. The van der Waals surface area contributed by atoms with Crippen molar-refractivity contribution in [1.82, 2.24) is 10.9 Å². The first-order valence-corrected chi connectivity index (χ1v) is 8.11. The molecule has 0 spiro atoms. The molecule has 122 valence electrons. The smallest absolute Gasteiger partial charge is 0.125 e. The summed E-state index contributed by atoms with van der Waals surface area (Å²) in [6, 6.07) is 14.5. The topological polar surface area (TPSA) is 53.5 Å². The molecule has 0 saturated carbocycles. The number of benzene rings is 2. The van der Waals surface area contributed by atoms with E-state index in [1.165, 1.54) is 5.56 Å². The highest BCUT2D eigenvalue weighted by Gasteiger charge is 2.36. The van der Waals surface area contributed by atoms with Crippen molar-refractivity contribution in [3.05, 3.63) is 59.2 Å². The van der Waals surface area contributed by atoms with Gasteiger partial charge in [0.25, 0.3) is 0 Å². The summed E-state index contributed by atoms with van der Waals surface area (Å²) in [5.74, 6) is 1.26. The highest BCUT2D eigenvalue weighted by molar-refractivity contribution is 5.49. The predicted octanol–water partition coefficient (Wildman–Crippen LogP) is 3.28. The summed E-state index contributed by atoms with van der Waals surface area (Å²) in [5, 5.41) is 10.5. The molecule has 0 aliphatic carbocycles. The number of aromatic hydroxyl groups is 1. The molecule has 0 bridgehead atoms. The fourth-order valence-electron chi connectivity index (χ4n) is 3.47. The van der Waals surface area contributed by atoms with Crippen molar-refractivity contribution in [2.75, 3.05) is 7.11 Å². The molecule has 3 rings (SSSR count). The molecule has 4 nitrogen and oxygen atoms in total.